The molecule has 0 aromatic heterocycles. The van der Waals surface area contributed by atoms with Gasteiger partial charge in [-0.1, -0.05) is 67.6 Å². The first kappa shape index (κ1) is 17.1. The highest BCUT2D eigenvalue weighted by Crippen LogP contribution is 2.23. The number of anilines is 1. The number of fused-ring (bicyclic) bond motifs is 2. The van der Waals surface area contributed by atoms with E-state index in [1.807, 2.05) is 79.7 Å². The predicted octanol–water partition coefficient (Wildman–Crippen LogP) is 5.79. The zero-order chi connectivity index (χ0) is 18.6. The van der Waals surface area contributed by atoms with Gasteiger partial charge in [0.25, 0.3) is 5.91 Å². The molecule has 0 spiro atoms. The summed E-state index contributed by atoms with van der Waals surface area (Å²) in [5.41, 5.74) is 0.777. The SMILES string of the molecule is CC[C@@H](Oc1ccc2ccccc2c1)C(=O)Nc1ccc2ccccc2c1. The standard InChI is InChI=1S/C24H21NO2/c1-2-23(27-22-14-12-18-8-4-6-10-20(18)16-22)24(26)25-21-13-11-17-7-3-5-9-19(17)15-21/h3-16,23H,2H2,1H3,(H,25,26)/t23-/m1/s1. The third kappa shape index (κ3) is 3.77. The van der Waals surface area contributed by atoms with E-state index in [0.29, 0.717) is 12.2 Å². The van der Waals surface area contributed by atoms with Gasteiger partial charge in [0.05, 0.1) is 0 Å². The van der Waals surface area contributed by atoms with Crippen molar-refractivity contribution in [2.45, 2.75) is 19.4 Å². The lowest BCUT2D eigenvalue weighted by molar-refractivity contribution is -0.122. The average Bonchev–Trinajstić information content (AvgIpc) is 2.71. The molecule has 1 amide bonds. The van der Waals surface area contributed by atoms with Crippen LogP contribution in [0.1, 0.15) is 13.3 Å². The van der Waals surface area contributed by atoms with E-state index in [0.717, 1.165) is 27.2 Å². The number of amides is 1. The van der Waals surface area contributed by atoms with E-state index in [2.05, 4.69) is 17.4 Å². The normalized spacial score (nSPS) is 12.0. The van der Waals surface area contributed by atoms with E-state index in [4.69, 9.17) is 4.74 Å². The van der Waals surface area contributed by atoms with Gasteiger partial charge < -0.3 is 10.1 Å². The second kappa shape index (κ2) is 7.50. The third-order valence-corrected chi connectivity index (χ3v) is 4.68. The van der Waals surface area contributed by atoms with Gasteiger partial charge in [-0.2, -0.15) is 0 Å². The maximum absolute atomic E-state index is 12.7. The van der Waals surface area contributed by atoms with Crippen LogP contribution in [0.5, 0.6) is 5.75 Å². The van der Waals surface area contributed by atoms with Gasteiger partial charge in [-0.3, -0.25) is 4.79 Å². The fourth-order valence-electron chi connectivity index (χ4n) is 3.22. The molecular formula is C24H21NO2. The monoisotopic (exact) mass is 355 g/mol. The zero-order valence-corrected chi connectivity index (χ0v) is 15.2. The molecule has 1 N–H and O–H groups in total. The summed E-state index contributed by atoms with van der Waals surface area (Å²) in [4.78, 5) is 12.7. The van der Waals surface area contributed by atoms with Gasteiger partial charge in [0.15, 0.2) is 6.10 Å². The zero-order valence-electron chi connectivity index (χ0n) is 15.2. The van der Waals surface area contributed by atoms with Gasteiger partial charge in [0, 0.05) is 5.69 Å². The van der Waals surface area contributed by atoms with Crippen molar-refractivity contribution >= 4 is 33.1 Å². The van der Waals surface area contributed by atoms with Crippen molar-refractivity contribution in [1.29, 1.82) is 0 Å². The van der Waals surface area contributed by atoms with E-state index >= 15 is 0 Å². The first-order valence-electron chi connectivity index (χ1n) is 9.18. The summed E-state index contributed by atoms with van der Waals surface area (Å²) in [6.45, 7) is 1.95. The van der Waals surface area contributed by atoms with Gasteiger partial charge in [0.1, 0.15) is 5.75 Å². The number of hydrogen-bond donors (Lipinski definition) is 1. The molecule has 4 rings (SSSR count). The number of carbonyl (C=O) groups is 1. The lowest BCUT2D eigenvalue weighted by atomic mass is 10.1. The van der Waals surface area contributed by atoms with E-state index in [-0.39, 0.29) is 5.91 Å². The highest BCUT2D eigenvalue weighted by Gasteiger charge is 2.18. The molecule has 0 unspecified atom stereocenters. The molecule has 0 heterocycles. The summed E-state index contributed by atoms with van der Waals surface area (Å²) < 4.78 is 5.98. The molecule has 0 bridgehead atoms. The number of carbonyl (C=O) groups excluding carboxylic acids is 1. The van der Waals surface area contributed by atoms with Crippen LogP contribution in [0.15, 0.2) is 84.9 Å². The Morgan fingerprint density at radius 3 is 2.07 bits per heavy atom. The van der Waals surface area contributed by atoms with Crippen LogP contribution in [0, 0.1) is 0 Å². The molecular weight excluding hydrogens is 334 g/mol. The first-order valence-corrected chi connectivity index (χ1v) is 9.18. The summed E-state index contributed by atoms with van der Waals surface area (Å²) in [6, 6.07) is 28.0. The minimum absolute atomic E-state index is 0.138. The highest BCUT2D eigenvalue weighted by molar-refractivity contribution is 5.97. The van der Waals surface area contributed by atoms with E-state index in [9.17, 15) is 4.79 Å². The molecule has 0 saturated carbocycles. The van der Waals surface area contributed by atoms with Crippen molar-refractivity contribution in [3.63, 3.8) is 0 Å². The van der Waals surface area contributed by atoms with Crippen LogP contribution < -0.4 is 10.1 Å². The predicted molar refractivity (Wildman–Crippen MR) is 111 cm³/mol. The van der Waals surface area contributed by atoms with E-state index in [1.165, 1.54) is 0 Å². The Labute approximate surface area is 158 Å². The molecule has 0 aliphatic rings. The summed E-state index contributed by atoms with van der Waals surface area (Å²) in [5, 5.41) is 7.47. The Hall–Kier alpha value is -3.33. The fourth-order valence-corrected chi connectivity index (χ4v) is 3.22. The quantitative estimate of drug-likeness (QED) is 0.492. The minimum atomic E-state index is -0.544. The fraction of sp³-hybridized carbons (Fsp3) is 0.125. The number of nitrogens with one attached hydrogen (secondary N) is 1. The van der Waals surface area contributed by atoms with Gasteiger partial charge in [0.2, 0.25) is 0 Å². The second-order valence-corrected chi connectivity index (χ2v) is 6.57. The van der Waals surface area contributed by atoms with Gasteiger partial charge in [-0.05, 0) is 52.2 Å². The molecule has 0 fully saturated rings. The Kier molecular flexibility index (Phi) is 4.75. The maximum atomic E-state index is 12.7. The van der Waals surface area contributed by atoms with E-state index in [1.54, 1.807) is 0 Å². The Bertz CT molecular complexity index is 1100. The van der Waals surface area contributed by atoms with Crippen LogP contribution in [-0.4, -0.2) is 12.0 Å². The molecule has 0 saturated heterocycles. The number of benzene rings is 4. The third-order valence-electron chi connectivity index (χ3n) is 4.68. The molecule has 27 heavy (non-hydrogen) atoms. The van der Waals surface area contributed by atoms with Crippen molar-refractivity contribution in [3.8, 4) is 5.75 Å². The molecule has 4 aromatic rings. The minimum Gasteiger partial charge on any atom is -0.481 e. The molecule has 0 aliphatic carbocycles. The van der Waals surface area contributed by atoms with Crippen LogP contribution >= 0.6 is 0 Å². The number of hydrogen-bond acceptors (Lipinski definition) is 2. The second-order valence-electron chi connectivity index (χ2n) is 6.57. The topological polar surface area (TPSA) is 38.3 Å². The lowest BCUT2D eigenvalue weighted by Crippen LogP contribution is -2.32. The smallest absolute Gasteiger partial charge is 0.265 e. The summed E-state index contributed by atoms with van der Waals surface area (Å²) in [5.74, 6) is 0.565. The first-order chi connectivity index (χ1) is 13.2. The van der Waals surface area contributed by atoms with Crippen LogP contribution in [0.4, 0.5) is 5.69 Å². The van der Waals surface area contributed by atoms with Crippen molar-refractivity contribution in [2.24, 2.45) is 0 Å². The highest BCUT2D eigenvalue weighted by atomic mass is 16.5. The van der Waals surface area contributed by atoms with Crippen LogP contribution in [0.2, 0.25) is 0 Å². The lowest BCUT2D eigenvalue weighted by Gasteiger charge is -2.18. The van der Waals surface area contributed by atoms with Crippen molar-refractivity contribution < 1.29 is 9.53 Å². The van der Waals surface area contributed by atoms with Crippen LogP contribution in [0.25, 0.3) is 21.5 Å². The summed E-state index contributed by atoms with van der Waals surface area (Å²) in [6.07, 6.45) is 0.0457. The van der Waals surface area contributed by atoms with Gasteiger partial charge in [-0.15, -0.1) is 0 Å². The molecule has 4 aromatic carbocycles. The summed E-state index contributed by atoms with van der Waals surface area (Å²) in [7, 11) is 0. The van der Waals surface area contributed by atoms with Crippen molar-refractivity contribution in [1.82, 2.24) is 0 Å². The van der Waals surface area contributed by atoms with Crippen molar-refractivity contribution in [2.75, 3.05) is 5.32 Å². The largest absolute Gasteiger partial charge is 0.481 e. The van der Waals surface area contributed by atoms with Gasteiger partial charge in [-0.25, -0.2) is 0 Å². The van der Waals surface area contributed by atoms with Crippen LogP contribution in [0.3, 0.4) is 0 Å². The Morgan fingerprint density at radius 1 is 0.815 bits per heavy atom. The number of ether oxygens (including phenoxy) is 1. The Morgan fingerprint density at radius 2 is 1.41 bits per heavy atom. The molecule has 1 atom stereocenters. The molecule has 0 aliphatic heterocycles. The molecule has 0 radical (unpaired) electrons. The Balaban J connectivity index is 1.51. The average molecular weight is 355 g/mol. The molecule has 134 valence electrons. The summed E-state index contributed by atoms with van der Waals surface area (Å²) >= 11 is 0. The molecule has 3 nitrogen and oxygen atoms in total. The van der Waals surface area contributed by atoms with Crippen molar-refractivity contribution in [3.05, 3.63) is 84.9 Å². The molecule has 3 heteroatoms. The number of rotatable bonds is 5. The maximum Gasteiger partial charge on any atom is 0.265 e. The van der Waals surface area contributed by atoms with Crippen LogP contribution in [-0.2, 0) is 4.79 Å². The van der Waals surface area contributed by atoms with E-state index < -0.39 is 6.10 Å². The van der Waals surface area contributed by atoms with Gasteiger partial charge >= 0.3 is 0 Å².